The van der Waals surface area contributed by atoms with Crippen molar-refractivity contribution >= 4 is 21.8 Å². The van der Waals surface area contributed by atoms with E-state index in [0.717, 1.165) is 10.2 Å². The summed E-state index contributed by atoms with van der Waals surface area (Å²) in [4.78, 5) is 11.7. The molecule has 2 atom stereocenters. The zero-order valence-corrected chi connectivity index (χ0v) is 12.0. The first-order valence-corrected chi connectivity index (χ1v) is 7.02. The molecule has 1 aliphatic rings. The number of hydrogen-bond acceptors (Lipinski definition) is 4. The molecule has 1 fully saturated rings. The maximum Gasteiger partial charge on any atom is 0.237 e. The SMILES string of the molecule is O=C(NCCOc1cccc(Br)c1)C1CC(O)CN1. The van der Waals surface area contributed by atoms with E-state index in [-0.39, 0.29) is 11.9 Å². The highest BCUT2D eigenvalue weighted by molar-refractivity contribution is 9.10. The standard InChI is InChI=1S/C13H17BrN2O3/c14-9-2-1-3-11(6-9)19-5-4-15-13(18)12-7-10(17)8-16-12/h1-3,6,10,12,16-17H,4-5,7-8H2,(H,15,18). The van der Waals surface area contributed by atoms with Gasteiger partial charge in [0, 0.05) is 11.0 Å². The fraction of sp³-hybridized carbons (Fsp3) is 0.462. The number of halogens is 1. The fourth-order valence-corrected chi connectivity index (χ4v) is 2.32. The van der Waals surface area contributed by atoms with Crippen molar-refractivity contribution in [3.05, 3.63) is 28.7 Å². The van der Waals surface area contributed by atoms with E-state index in [1.165, 1.54) is 0 Å². The van der Waals surface area contributed by atoms with Gasteiger partial charge < -0.3 is 20.5 Å². The van der Waals surface area contributed by atoms with Crippen molar-refractivity contribution in [1.29, 1.82) is 0 Å². The van der Waals surface area contributed by atoms with Crippen molar-refractivity contribution in [2.24, 2.45) is 0 Å². The minimum absolute atomic E-state index is 0.0885. The Balaban J connectivity index is 1.65. The molecule has 0 saturated carbocycles. The van der Waals surface area contributed by atoms with Gasteiger partial charge in [-0.25, -0.2) is 0 Å². The first-order chi connectivity index (χ1) is 9.15. The lowest BCUT2D eigenvalue weighted by Crippen LogP contribution is -2.41. The lowest BCUT2D eigenvalue weighted by atomic mass is 10.2. The van der Waals surface area contributed by atoms with Crippen LogP contribution in [0.1, 0.15) is 6.42 Å². The monoisotopic (exact) mass is 328 g/mol. The van der Waals surface area contributed by atoms with Crippen molar-refractivity contribution in [2.75, 3.05) is 19.7 Å². The topological polar surface area (TPSA) is 70.6 Å². The van der Waals surface area contributed by atoms with Crippen LogP contribution in [0.15, 0.2) is 28.7 Å². The van der Waals surface area contributed by atoms with Gasteiger partial charge in [0.1, 0.15) is 12.4 Å². The number of amides is 1. The summed E-state index contributed by atoms with van der Waals surface area (Å²) in [7, 11) is 0. The lowest BCUT2D eigenvalue weighted by Gasteiger charge is -2.11. The third-order valence-electron chi connectivity index (χ3n) is 2.89. The number of benzene rings is 1. The maximum atomic E-state index is 11.7. The van der Waals surface area contributed by atoms with Gasteiger partial charge in [-0.05, 0) is 24.6 Å². The first-order valence-electron chi connectivity index (χ1n) is 6.22. The highest BCUT2D eigenvalue weighted by atomic mass is 79.9. The average Bonchev–Trinajstić information content (AvgIpc) is 2.81. The molecule has 0 spiro atoms. The van der Waals surface area contributed by atoms with E-state index >= 15 is 0 Å². The highest BCUT2D eigenvalue weighted by Crippen LogP contribution is 2.17. The molecular weight excluding hydrogens is 312 g/mol. The Kier molecular flexibility index (Phi) is 5.18. The van der Waals surface area contributed by atoms with Crippen molar-refractivity contribution < 1.29 is 14.6 Å². The zero-order valence-electron chi connectivity index (χ0n) is 10.4. The maximum absolute atomic E-state index is 11.7. The largest absolute Gasteiger partial charge is 0.492 e. The van der Waals surface area contributed by atoms with E-state index in [1.807, 2.05) is 24.3 Å². The highest BCUT2D eigenvalue weighted by Gasteiger charge is 2.27. The molecule has 0 aliphatic carbocycles. The third kappa shape index (κ3) is 4.49. The molecule has 1 saturated heterocycles. The van der Waals surface area contributed by atoms with Gasteiger partial charge in [-0.1, -0.05) is 22.0 Å². The quantitative estimate of drug-likeness (QED) is 0.695. The Hall–Kier alpha value is -1.11. The Morgan fingerprint density at radius 2 is 2.42 bits per heavy atom. The van der Waals surface area contributed by atoms with Crippen LogP contribution in [0, 0.1) is 0 Å². The van der Waals surface area contributed by atoms with Crippen LogP contribution in [0.3, 0.4) is 0 Å². The predicted molar refractivity (Wildman–Crippen MR) is 75.1 cm³/mol. The molecule has 5 nitrogen and oxygen atoms in total. The van der Waals surface area contributed by atoms with E-state index in [0.29, 0.717) is 26.1 Å². The zero-order chi connectivity index (χ0) is 13.7. The molecular formula is C13H17BrN2O3. The molecule has 6 heteroatoms. The summed E-state index contributed by atoms with van der Waals surface area (Å²) in [5.74, 6) is 0.674. The van der Waals surface area contributed by atoms with Crippen LogP contribution in [-0.4, -0.2) is 42.9 Å². The van der Waals surface area contributed by atoms with Gasteiger partial charge in [-0.2, -0.15) is 0 Å². The number of aliphatic hydroxyl groups excluding tert-OH is 1. The number of rotatable bonds is 5. The first kappa shape index (κ1) is 14.3. The molecule has 1 aliphatic heterocycles. The van der Waals surface area contributed by atoms with Gasteiger partial charge in [0.25, 0.3) is 0 Å². The van der Waals surface area contributed by atoms with Crippen LogP contribution in [0.5, 0.6) is 5.75 Å². The molecule has 19 heavy (non-hydrogen) atoms. The Bertz CT molecular complexity index is 442. The fourth-order valence-electron chi connectivity index (χ4n) is 1.94. The second kappa shape index (κ2) is 6.88. The summed E-state index contributed by atoms with van der Waals surface area (Å²) < 4.78 is 6.46. The number of β-amino-alcohol motifs (C(OH)–C–C–N with tert-alkyl or cyclic N) is 1. The summed E-state index contributed by atoms with van der Waals surface area (Å²) in [6.45, 7) is 1.34. The molecule has 1 aromatic rings. The summed E-state index contributed by atoms with van der Waals surface area (Å²) in [6, 6.07) is 7.26. The summed E-state index contributed by atoms with van der Waals surface area (Å²) >= 11 is 3.36. The van der Waals surface area contributed by atoms with E-state index in [9.17, 15) is 9.90 Å². The van der Waals surface area contributed by atoms with Gasteiger partial charge in [-0.3, -0.25) is 4.79 Å². The smallest absolute Gasteiger partial charge is 0.237 e. The molecule has 1 amide bonds. The number of nitrogens with one attached hydrogen (secondary N) is 2. The minimum atomic E-state index is -0.423. The van der Waals surface area contributed by atoms with Gasteiger partial charge in [-0.15, -0.1) is 0 Å². The van der Waals surface area contributed by atoms with Crippen LogP contribution >= 0.6 is 15.9 Å². The number of carbonyl (C=O) groups is 1. The minimum Gasteiger partial charge on any atom is -0.492 e. The molecule has 1 aromatic carbocycles. The molecule has 2 rings (SSSR count). The van der Waals surface area contributed by atoms with Crippen molar-refractivity contribution in [3.63, 3.8) is 0 Å². The van der Waals surface area contributed by atoms with Crippen molar-refractivity contribution in [1.82, 2.24) is 10.6 Å². The number of ether oxygens (including phenoxy) is 1. The lowest BCUT2D eigenvalue weighted by molar-refractivity contribution is -0.123. The van der Waals surface area contributed by atoms with Crippen LogP contribution in [0.25, 0.3) is 0 Å². The van der Waals surface area contributed by atoms with Gasteiger partial charge in [0.15, 0.2) is 0 Å². The molecule has 104 valence electrons. The van der Waals surface area contributed by atoms with Crippen LogP contribution < -0.4 is 15.4 Å². The summed E-state index contributed by atoms with van der Waals surface area (Å²) in [5.41, 5.74) is 0. The molecule has 0 radical (unpaired) electrons. The normalized spacial score (nSPS) is 22.2. The summed E-state index contributed by atoms with van der Waals surface area (Å²) in [5, 5.41) is 15.1. The molecule has 3 N–H and O–H groups in total. The Morgan fingerprint density at radius 3 is 3.11 bits per heavy atom. The van der Waals surface area contributed by atoms with Crippen molar-refractivity contribution in [2.45, 2.75) is 18.6 Å². The van der Waals surface area contributed by atoms with E-state index in [2.05, 4.69) is 26.6 Å². The van der Waals surface area contributed by atoms with Crippen LogP contribution in [0.2, 0.25) is 0 Å². The van der Waals surface area contributed by atoms with Gasteiger partial charge >= 0.3 is 0 Å². The molecule has 0 bridgehead atoms. The van der Waals surface area contributed by atoms with Crippen molar-refractivity contribution in [3.8, 4) is 5.75 Å². The van der Waals surface area contributed by atoms with Crippen LogP contribution in [0.4, 0.5) is 0 Å². The molecule has 0 aromatic heterocycles. The number of carbonyl (C=O) groups excluding carboxylic acids is 1. The van der Waals surface area contributed by atoms with Crippen LogP contribution in [-0.2, 0) is 4.79 Å². The second-order valence-corrected chi connectivity index (χ2v) is 5.36. The van der Waals surface area contributed by atoms with E-state index in [1.54, 1.807) is 0 Å². The Morgan fingerprint density at radius 1 is 1.58 bits per heavy atom. The van der Waals surface area contributed by atoms with E-state index < -0.39 is 6.10 Å². The Labute approximate surface area is 120 Å². The predicted octanol–water partition coefficient (Wildman–Crippen LogP) is 0.667. The average molecular weight is 329 g/mol. The van der Waals surface area contributed by atoms with E-state index in [4.69, 9.17) is 4.74 Å². The van der Waals surface area contributed by atoms with Gasteiger partial charge in [0.2, 0.25) is 5.91 Å². The number of hydrogen-bond donors (Lipinski definition) is 3. The molecule has 2 unspecified atom stereocenters. The second-order valence-electron chi connectivity index (χ2n) is 4.45. The number of aliphatic hydroxyl groups is 1. The van der Waals surface area contributed by atoms with Gasteiger partial charge in [0.05, 0.1) is 18.7 Å². The molecule has 1 heterocycles. The summed E-state index contributed by atoms with van der Waals surface area (Å²) in [6.07, 6.45) is 0.0480. The third-order valence-corrected chi connectivity index (χ3v) is 3.38.